The molecule has 2 aromatic heterocycles. The molecular formula is C14H10N4O3. The van der Waals surface area contributed by atoms with Crippen molar-refractivity contribution in [3.05, 3.63) is 52.8 Å². The molecule has 0 spiro atoms. The molecule has 104 valence electrons. The predicted molar refractivity (Wildman–Crippen MR) is 73.3 cm³/mol. The molecule has 21 heavy (non-hydrogen) atoms. The van der Waals surface area contributed by atoms with E-state index in [0.29, 0.717) is 23.7 Å². The minimum atomic E-state index is -0.217. The van der Waals surface area contributed by atoms with Gasteiger partial charge in [-0.15, -0.1) is 0 Å². The van der Waals surface area contributed by atoms with Crippen LogP contribution in [-0.4, -0.2) is 26.3 Å². The number of rotatable bonds is 2. The van der Waals surface area contributed by atoms with Crippen molar-refractivity contribution in [1.82, 2.24) is 19.5 Å². The molecule has 0 aliphatic carbocycles. The summed E-state index contributed by atoms with van der Waals surface area (Å²) < 4.78 is 12.1. The van der Waals surface area contributed by atoms with E-state index < -0.39 is 0 Å². The van der Waals surface area contributed by atoms with Crippen LogP contribution in [0.2, 0.25) is 0 Å². The average molecular weight is 282 g/mol. The Balaban J connectivity index is 1.74. The van der Waals surface area contributed by atoms with Gasteiger partial charge in [-0.25, -0.2) is 15.0 Å². The standard InChI is InChI=1S/C14H10N4O3/c19-14-12-13(16-4-3-15-12)17-7-18(14)6-9-1-2-10-11(5-9)21-8-20-10/h1-5,7H,6,8H2. The van der Waals surface area contributed by atoms with Gasteiger partial charge in [0.2, 0.25) is 6.79 Å². The molecule has 0 saturated carbocycles. The van der Waals surface area contributed by atoms with Crippen molar-refractivity contribution in [2.75, 3.05) is 6.79 Å². The van der Waals surface area contributed by atoms with Crippen LogP contribution >= 0.6 is 0 Å². The number of fused-ring (bicyclic) bond motifs is 2. The Hall–Kier alpha value is -2.96. The molecule has 3 aromatic rings. The molecule has 0 fully saturated rings. The molecule has 0 saturated heterocycles. The number of hydrogen-bond donors (Lipinski definition) is 0. The minimum absolute atomic E-state index is 0.217. The Kier molecular flexibility index (Phi) is 2.56. The van der Waals surface area contributed by atoms with Crippen molar-refractivity contribution in [3.8, 4) is 11.5 Å². The van der Waals surface area contributed by atoms with E-state index in [1.54, 1.807) is 0 Å². The van der Waals surface area contributed by atoms with Gasteiger partial charge in [-0.2, -0.15) is 0 Å². The second-order valence-corrected chi connectivity index (χ2v) is 4.59. The first kappa shape index (κ1) is 11.8. The van der Waals surface area contributed by atoms with Crippen molar-refractivity contribution in [3.63, 3.8) is 0 Å². The third-order valence-electron chi connectivity index (χ3n) is 3.25. The number of hydrogen-bond acceptors (Lipinski definition) is 6. The third kappa shape index (κ3) is 1.99. The lowest BCUT2D eigenvalue weighted by Crippen LogP contribution is -2.22. The van der Waals surface area contributed by atoms with Crippen LogP contribution in [0.15, 0.2) is 41.7 Å². The lowest BCUT2D eigenvalue weighted by atomic mass is 10.2. The molecule has 1 aliphatic heterocycles. The highest BCUT2D eigenvalue weighted by Crippen LogP contribution is 2.32. The van der Waals surface area contributed by atoms with Crippen molar-refractivity contribution in [2.45, 2.75) is 6.54 Å². The number of benzene rings is 1. The number of aromatic nitrogens is 4. The summed E-state index contributed by atoms with van der Waals surface area (Å²) in [6.07, 6.45) is 4.47. The molecule has 7 nitrogen and oxygen atoms in total. The summed E-state index contributed by atoms with van der Waals surface area (Å²) in [7, 11) is 0. The van der Waals surface area contributed by atoms with Gasteiger partial charge in [0.25, 0.3) is 5.56 Å². The SMILES string of the molecule is O=c1c2nccnc2ncn1Cc1ccc2c(c1)OCO2. The highest BCUT2D eigenvalue weighted by atomic mass is 16.7. The van der Waals surface area contributed by atoms with Crippen LogP contribution in [0.3, 0.4) is 0 Å². The van der Waals surface area contributed by atoms with Gasteiger partial charge in [-0.05, 0) is 17.7 Å². The summed E-state index contributed by atoms with van der Waals surface area (Å²) in [6, 6.07) is 5.58. The Morgan fingerprint density at radius 3 is 2.90 bits per heavy atom. The van der Waals surface area contributed by atoms with Crippen LogP contribution in [0.1, 0.15) is 5.56 Å². The van der Waals surface area contributed by atoms with Crippen LogP contribution in [-0.2, 0) is 6.54 Å². The Morgan fingerprint density at radius 2 is 1.95 bits per heavy atom. The van der Waals surface area contributed by atoms with E-state index in [9.17, 15) is 4.79 Å². The molecule has 0 atom stereocenters. The van der Waals surface area contributed by atoms with Crippen molar-refractivity contribution in [2.24, 2.45) is 0 Å². The van der Waals surface area contributed by atoms with Gasteiger partial charge >= 0.3 is 0 Å². The lowest BCUT2D eigenvalue weighted by Gasteiger charge is -2.06. The largest absolute Gasteiger partial charge is 0.454 e. The van der Waals surface area contributed by atoms with Gasteiger partial charge in [-0.1, -0.05) is 6.07 Å². The predicted octanol–water partition coefficient (Wildman–Crippen LogP) is 0.963. The van der Waals surface area contributed by atoms with Gasteiger partial charge in [0.15, 0.2) is 22.7 Å². The molecule has 1 aromatic carbocycles. The molecule has 3 heterocycles. The Morgan fingerprint density at radius 1 is 1.10 bits per heavy atom. The Bertz CT molecular complexity index is 891. The average Bonchev–Trinajstić information content (AvgIpc) is 2.98. The fourth-order valence-electron chi connectivity index (χ4n) is 2.24. The third-order valence-corrected chi connectivity index (χ3v) is 3.25. The molecule has 0 bridgehead atoms. The van der Waals surface area contributed by atoms with Crippen LogP contribution in [0, 0.1) is 0 Å². The van der Waals surface area contributed by atoms with Crippen LogP contribution < -0.4 is 15.0 Å². The maximum Gasteiger partial charge on any atom is 0.281 e. The van der Waals surface area contributed by atoms with E-state index in [0.717, 1.165) is 5.56 Å². The lowest BCUT2D eigenvalue weighted by molar-refractivity contribution is 0.174. The van der Waals surface area contributed by atoms with E-state index in [1.165, 1.54) is 23.3 Å². The molecule has 0 radical (unpaired) electrons. The summed E-state index contributed by atoms with van der Waals surface area (Å²) in [6.45, 7) is 0.612. The highest BCUT2D eigenvalue weighted by molar-refractivity contribution is 5.66. The minimum Gasteiger partial charge on any atom is -0.454 e. The van der Waals surface area contributed by atoms with Gasteiger partial charge < -0.3 is 9.47 Å². The fourth-order valence-corrected chi connectivity index (χ4v) is 2.24. The first-order valence-corrected chi connectivity index (χ1v) is 6.36. The summed E-state index contributed by atoms with van der Waals surface area (Å²) >= 11 is 0. The molecule has 0 amide bonds. The first-order chi connectivity index (χ1) is 10.3. The van der Waals surface area contributed by atoms with Gasteiger partial charge in [0.05, 0.1) is 6.54 Å². The molecule has 0 N–H and O–H groups in total. The number of nitrogens with zero attached hydrogens (tertiary/aromatic N) is 4. The van der Waals surface area contributed by atoms with Gasteiger partial charge in [0, 0.05) is 12.4 Å². The maximum atomic E-state index is 12.3. The zero-order chi connectivity index (χ0) is 14.2. The van der Waals surface area contributed by atoms with E-state index >= 15 is 0 Å². The monoisotopic (exact) mass is 282 g/mol. The summed E-state index contributed by atoms with van der Waals surface area (Å²) in [5.41, 5.74) is 1.32. The van der Waals surface area contributed by atoms with E-state index in [4.69, 9.17) is 9.47 Å². The summed E-state index contributed by atoms with van der Waals surface area (Å²) in [5.74, 6) is 1.41. The topological polar surface area (TPSA) is 79.1 Å². The second-order valence-electron chi connectivity index (χ2n) is 4.59. The normalized spacial score (nSPS) is 12.8. The van der Waals surface area contributed by atoms with Crippen molar-refractivity contribution < 1.29 is 9.47 Å². The van der Waals surface area contributed by atoms with Crippen molar-refractivity contribution >= 4 is 11.2 Å². The van der Waals surface area contributed by atoms with Crippen LogP contribution in [0.5, 0.6) is 11.5 Å². The van der Waals surface area contributed by atoms with E-state index in [1.807, 2.05) is 18.2 Å². The number of ether oxygens (including phenoxy) is 2. The highest BCUT2D eigenvalue weighted by Gasteiger charge is 2.14. The molecule has 0 unspecified atom stereocenters. The van der Waals surface area contributed by atoms with E-state index in [2.05, 4.69) is 15.0 Å². The maximum absolute atomic E-state index is 12.3. The zero-order valence-corrected chi connectivity index (χ0v) is 10.9. The van der Waals surface area contributed by atoms with Crippen LogP contribution in [0.4, 0.5) is 0 Å². The second kappa shape index (κ2) is 4.55. The van der Waals surface area contributed by atoms with E-state index in [-0.39, 0.29) is 17.9 Å². The molecule has 1 aliphatic rings. The quantitative estimate of drug-likeness (QED) is 0.696. The summed E-state index contributed by atoms with van der Waals surface area (Å²) in [5, 5.41) is 0. The molecule has 4 rings (SSSR count). The van der Waals surface area contributed by atoms with Gasteiger partial charge in [0.1, 0.15) is 6.33 Å². The smallest absolute Gasteiger partial charge is 0.281 e. The molecular weight excluding hydrogens is 272 g/mol. The zero-order valence-electron chi connectivity index (χ0n) is 10.9. The van der Waals surface area contributed by atoms with Gasteiger partial charge in [-0.3, -0.25) is 9.36 Å². The summed E-state index contributed by atoms with van der Waals surface area (Å²) in [4.78, 5) is 24.5. The molecule has 7 heteroatoms. The van der Waals surface area contributed by atoms with Crippen LogP contribution in [0.25, 0.3) is 11.2 Å². The Labute approximate surface area is 118 Å². The fraction of sp³-hybridized carbons (Fsp3) is 0.143. The van der Waals surface area contributed by atoms with Crippen molar-refractivity contribution in [1.29, 1.82) is 0 Å². The first-order valence-electron chi connectivity index (χ1n) is 6.36.